The lowest BCUT2D eigenvalue weighted by Crippen LogP contribution is -2.57. The molecule has 0 radical (unpaired) electrons. The Morgan fingerprint density at radius 3 is 2.33 bits per heavy atom. The van der Waals surface area contributed by atoms with E-state index in [-0.39, 0.29) is 36.3 Å². The van der Waals surface area contributed by atoms with Gasteiger partial charge >= 0.3 is 5.97 Å². The Balaban J connectivity index is 1.68. The predicted octanol–water partition coefficient (Wildman–Crippen LogP) is 4.81. The monoisotopic (exact) mass is 594 g/mol. The number of nitrogens with zero attached hydrogens (tertiary/aromatic N) is 1. The number of Topliss-reactive ketones (excluding diaryl/α,β-unsaturated/α-hetero) is 1. The van der Waals surface area contributed by atoms with Crippen LogP contribution in [0.5, 0.6) is 5.75 Å². The number of piperidine rings is 1. The van der Waals surface area contributed by atoms with Gasteiger partial charge in [0, 0.05) is 42.5 Å². The van der Waals surface area contributed by atoms with E-state index < -0.39 is 58.9 Å². The average Bonchev–Trinajstić information content (AvgIpc) is 2.98. The van der Waals surface area contributed by atoms with Gasteiger partial charge in [-0.05, 0) is 39.5 Å². The zero-order valence-electron chi connectivity index (χ0n) is 24.6. The molecule has 1 aliphatic heterocycles. The van der Waals surface area contributed by atoms with Crippen molar-refractivity contribution in [1.29, 1.82) is 0 Å². The number of ether oxygens (including phenoxy) is 2. The predicted molar refractivity (Wildman–Crippen MR) is 149 cm³/mol. The Morgan fingerprint density at radius 2 is 1.71 bits per heavy atom. The van der Waals surface area contributed by atoms with Gasteiger partial charge in [0.05, 0.1) is 12.0 Å². The number of carbonyl (C=O) groups excluding carboxylic acids is 4. The van der Waals surface area contributed by atoms with Crippen molar-refractivity contribution in [2.45, 2.75) is 77.7 Å². The highest BCUT2D eigenvalue weighted by Gasteiger charge is 2.42. The van der Waals surface area contributed by atoms with Gasteiger partial charge in [0.1, 0.15) is 19.0 Å². The zero-order chi connectivity index (χ0) is 31.0. The van der Waals surface area contributed by atoms with Gasteiger partial charge in [-0.25, -0.2) is 8.78 Å². The summed E-state index contributed by atoms with van der Waals surface area (Å²) in [5.41, 5.74) is -1.72. The van der Waals surface area contributed by atoms with Crippen LogP contribution in [-0.4, -0.2) is 60.3 Å². The number of hydrogen-bond acceptors (Lipinski definition) is 6. The lowest BCUT2D eigenvalue weighted by atomic mass is 9.80. The van der Waals surface area contributed by atoms with Crippen molar-refractivity contribution < 1.29 is 41.8 Å². The summed E-state index contributed by atoms with van der Waals surface area (Å²) in [6.07, 6.45) is 6.96. The first kappa shape index (κ1) is 33.1. The number of ketones is 1. The molecule has 1 aromatic carbocycles. The molecule has 2 aliphatic rings. The highest BCUT2D eigenvalue weighted by atomic mass is 19.2. The number of carbonyl (C=O) groups is 4. The summed E-state index contributed by atoms with van der Waals surface area (Å²) in [6, 6.07) is 0.389. The second-order valence-electron chi connectivity index (χ2n) is 11.6. The first-order valence-electron chi connectivity index (χ1n) is 14.5. The molecular weight excluding hydrogens is 553 g/mol. The van der Waals surface area contributed by atoms with E-state index in [0.29, 0.717) is 32.0 Å². The maximum atomic E-state index is 14.3. The number of nitrogens with one attached hydrogen (secondary N) is 1. The Hall–Kier alpha value is -3.37. The smallest absolute Gasteiger partial charge is 0.308 e. The molecule has 1 aliphatic carbocycles. The summed E-state index contributed by atoms with van der Waals surface area (Å²) in [6.45, 7) is 7.77. The SMILES string of the molecule is C=CCOC(=O)C[C@@](C)(NC(=O)C1CCN(C(=O)C2CCCCC2)CC1)C(C)C(=O)COc1c(C)c(F)cc(F)c1F. The largest absolute Gasteiger partial charge is 0.482 e. The lowest BCUT2D eigenvalue weighted by Gasteiger charge is -2.38. The van der Waals surface area contributed by atoms with Crippen LogP contribution in [0.4, 0.5) is 13.2 Å². The normalized spacial score (nSPS) is 18.5. The summed E-state index contributed by atoms with van der Waals surface area (Å²) in [5, 5.41) is 2.86. The first-order chi connectivity index (χ1) is 19.9. The third-order valence-electron chi connectivity index (χ3n) is 8.57. The molecule has 42 heavy (non-hydrogen) atoms. The van der Waals surface area contributed by atoms with Crippen molar-refractivity contribution in [3.05, 3.63) is 41.7 Å². The van der Waals surface area contributed by atoms with Gasteiger partial charge in [-0.2, -0.15) is 4.39 Å². The minimum atomic E-state index is -1.46. The maximum Gasteiger partial charge on any atom is 0.308 e. The lowest BCUT2D eigenvalue weighted by molar-refractivity contribution is -0.146. The van der Waals surface area contributed by atoms with Crippen molar-refractivity contribution >= 4 is 23.6 Å². The Labute approximate surface area is 245 Å². The summed E-state index contributed by atoms with van der Waals surface area (Å²) < 4.78 is 52.2. The van der Waals surface area contributed by atoms with Gasteiger partial charge in [0.15, 0.2) is 17.3 Å². The van der Waals surface area contributed by atoms with E-state index in [4.69, 9.17) is 9.47 Å². The van der Waals surface area contributed by atoms with Gasteiger partial charge in [0.25, 0.3) is 0 Å². The second-order valence-corrected chi connectivity index (χ2v) is 11.6. The maximum absolute atomic E-state index is 14.3. The van der Waals surface area contributed by atoms with E-state index in [9.17, 15) is 32.3 Å². The molecule has 1 N–H and O–H groups in total. The van der Waals surface area contributed by atoms with Crippen LogP contribution in [0.3, 0.4) is 0 Å². The van der Waals surface area contributed by atoms with Crippen molar-refractivity contribution in [3.8, 4) is 5.75 Å². The number of rotatable bonds is 12. The molecule has 0 aromatic heterocycles. The fraction of sp³-hybridized carbons (Fsp3) is 0.613. The summed E-state index contributed by atoms with van der Waals surface area (Å²) in [7, 11) is 0. The van der Waals surface area contributed by atoms with E-state index in [1.807, 2.05) is 4.90 Å². The standard InChI is InChI=1S/C31H41F3N2O6/c1-5-15-41-26(38)17-31(4,20(3)25(37)18-42-28-19(2)23(32)16-24(33)27(28)34)35-29(39)21-11-13-36(14-12-21)30(40)22-9-7-6-8-10-22/h5,16,20-22H,1,6-15,17-18H2,2-4H3,(H,35,39)/t20?,31-/m1/s1. The van der Waals surface area contributed by atoms with Crippen LogP contribution in [0.25, 0.3) is 0 Å². The van der Waals surface area contributed by atoms with Gasteiger partial charge in [-0.3, -0.25) is 19.2 Å². The molecule has 2 fully saturated rings. The van der Waals surface area contributed by atoms with Crippen LogP contribution in [0.2, 0.25) is 0 Å². The number of esters is 1. The van der Waals surface area contributed by atoms with E-state index in [1.54, 1.807) is 0 Å². The molecule has 11 heteroatoms. The number of hydrogen-bond donors (Lipinski definition) is 1. The minimum Gasteiger partial charge on any atom is -0.482 e. The van der Waals surface area contributed by atoms with Crippen LogP contribution in [0.15, 0.2) is 18.7 Å². The summed E-state index contributed by atoms with van der Waals surface area (Å²) in [5.74, 6) is -7.59. The van der Waals surface area contributed by atoms with Crippen molar-refractivity contribution in [1.82, 2.24) is 10.2 Å². The summed E-state index contributed by atoms with van der Waals surface area (Å²) >= 11 is 0. The van der Waals surface area contributed by atoms with Crippen molar-refractivity contribution in [2.75, 3.05) is 26.3 Å². The van der Waals surface area contributed by atoms with Crippen molar-refractivity contribution in [3.63, 3.8) is 0 Å². The molecule has 0 bridgehead atoms. The third-order valence-corrected chi connectivity index (χ3v) is 8.57. The fourth-order valence-electron chi connectivity index (χ4n) is 5.62. The first-order valence-corrected chi connectivity index (χ1v) is 14.5. The van der Waals surface area contributed by atoms with Crippen LogP contribution >= 0.6 is 0 Å². The number of amides is 2. The van der Waals surface area contributed by atoms with Gasteiger partial charge < -0.3 is 19.7 Å². The molecule has 1 aromatic rings. The minimum absolute atomic E-state index is 0.0456. The second kappa shape index (κ2) is 14.7. The molecule has 1 unspecified atom stereocenters. The summed E-state index contributed by atoms with van der Waals surface area (Å²) in [4.78, 5) is 53.9. The van der Waals surface area contributed by atoms with E-state index in [0.717, 1.165) is 32.1 Å². The number of halogens is 3. The van der Waals surface area contributed by atoms with Crippen molar-refractivity contribution in [2.24, 2.45) is 17.8 Å². The quantitative estimate of drug-likeness (QED) is 0.212. The van der Waals surface area contributed by atoms with Crippen LogP contribution in [0, 0.1) is 42.1 Å². The van der Waals surface area contributed by atoms with Crippen LogP contribution in [0.1, 0.15) is 70.8 Å². The molecule has 2 atom stereocenters. The van der Waals surface area contributed by atoms with Gasteiger partial charge in [-0.1, -0.05) is 38.8 Å². The average molecular weight is 595 g/mol. The zero-order valence-corrected chi connectivity index (χ0v) is 24.6. The van der Waals surface area contributed by atoms with Gasteiger partial charge in [-0.15, -0.1) is 0 Å². The molecule has 0 spiro atoms. The molecule has 1 saturated heterocycles. The Morgan fingerprint density at radius 1 is 1.07 bits per heavy atom. The highest BCUT2D eigenvalue weighted by molar-refractivity contribution is 5.87. The van der Waals surface area contributed by atoms with Crippen LogP contribution in [-0.2, 0) is 23.9 Å². The molecule has 2 amide bonds. The molecule has 1 saturated carbocycles. The molecule has 8 nitrogen and oxygen atoms in total. The number of likely N-dealkylation sites (tertiary alicyclic amines) is 1. The Bertz CT molecular complexity index is 1150. The third kappa shape index (κ3) is 8.13. The molecule has 232 valence electrons. The highest BCUT2D eigenvalue weighted by Crippen LogP contribution is 2.31. The van der Waals surface area contributed by atoms with Crippen LogP contribution < -0.4 is 10.1 Å². The number of benzene rings is 1. The van der Waals surface area contributed by atoms with E-state index in [1.165, 1.54) is 26.8 Å². The fourth-order valence-corrected chi connectivity index (χ4v) is 5.62. The van der Waals surface area contributed by atoms with E-state index >= 15 is 0 Å². The Kier molecular flexibility index (Phi) is 11.6. The molecule has 1 heterocycles. The molecular formula is C31H41F3N2O6. The molecule has 3 rings (SSSR count). The van der Waals surface area contributed by atoms with E-state index in [2.05, 4.69) is 11.9 Å². The van der Waals surface area contributed by atoms with Gasteiger partial charge in [0.2, 0.25) is 17.6 Å². The topological polar surface area (TPSA) is 102 Å².